The molecule has 0 radical (unpaired) electrons. The van der Waals surface area contributed by atoms with Crippen LogP contribution in [0.1, 0.15) is 13.8 Å². The second kappa shape index (κ2) is 6.99. The molecule has 1 atom stereocenters. The molecule has 0 aliphatic rings. The quantitative estimate of drug-likeness (QED) is 0.785. The van der Waals surface area contributed by atoms with Crippen molar-refractivity contribution < 1.29 is 14.3 Å². The average Bonchev–Trinajstić information content (AvgIpc) is 2.54. The van der Waals surface area contributed by atoms with Gasteiger partial charge in [-0.15, -0.1) is 5.10 Å². The molecular weight excluding hydrogens is 300 g/mol. The van der Waals surface area contributed by atoms with Gasteiger partial charge in [-0.25, -0.2) is 9.48 Å². The Kier molecular flexibility index (Phi) is 5.05. The number of methoxy groups -OCH3 is 1. The van der Waals surface area contributed by atoms with Gasteiger partial charge in [-0.1, -0.05) is 31.2 Å². The number of carbonyl (C=O) groups excluding carboxylic acids is 2. The van der Waals surface area contributed by atoms with Crippen LogP contribution in [-0.4, -0.2) is 40.0 Å². The first-order chi connectivity index (χ1) is 10.9. The minimum atomic E-state index is -0.781. The number of nitrogens with zero attached hydrogens (tertiary/aromatic N) is 3. The zero-order valence-corrected chi connectivity index (χ0v) is 13.1. The third-order valence-electron chi connectivity index (χ3n) is 3.36. The highest BCUT2D eigenvalue weighted by Gasteiger charge is 2.25. The van der Waals surface area contributed by atoms with E-state index < -0.39 is 23.5 Å². The molecule has 1 aromatic heterocycles. The molecule has 8 nitrogen and oxygen atoms in total. The molecule has 0 aliphatic carbocycles. The third kappa shape index (κ3) is 3.71. The lowest BCUT2D eigenvalue weighted by molar-refractivity contribution is -0.146. The number of hydrogen-bond donors (Lipinski definition) is 1. The summed E-state index contributed by atoms with van der Waals surface area (Å²) in [4.78, 5) is 36.0. The molecule has 0 spiro atoms. The van der Waals surface area contributed by atoms with Crippen molar-refractivity contribution >= 4 is 22.8 Å². The number of aromatic nitrogens is 3. The van der Waals surface area contributed by atoms with Crippen molar-refractivity contribution in [2.45, 2.75) is 26.4 Å². The van der Waals surface area contributed by atoms with Crippen LogP contribution in [0.5, 0.6) is 0 Å². The van der Waals surface area contributed by atoms with Crippen LogP contribution in [0.4, 0.5) is 0 Å². The van der Waals surface area contributed by atoms with Gasteiger partial charge in [0.05, 0.1) is 12.5 Å². The summed E-state index contributed by atoms with van der Waals surface area (Å²) < 4.78 is 5.62. The molecule has 2 rings (SSSR count). The first kappa shape index (κ1) is 16.6. The molecule has 23 heavy (non-hydrogen) atoms. The van der Waals surface area contributed by atoms with E-state index in [0.29, 0.717) is 10.9 Å². The van der Waals surface area contributed by atoms with Gasteiger partial charge in [0.2, 0.25) is 5.91 Å². The van der Waals surface area contributed by atoms with E-state index in [1.54, 1.807) is 38.1 Å². The maximum Gasteiger partial charge on any atom is 0.328 e. The van der Waals surface area contributed by atoms with Crippen LogP contribution in [0.2, 0.25) is 0 Å². The van der Waals surface area contributed by atoms with Gasteiger partial charge in [0.15, 0.2) is 0 Å². The van der Waals surface area contributed by atoms with Crippen molar-refractivity contribution in [1.29, 1.82) is 0 Å². The SMILES string of the molecule is COC(=O)C(NC(=O)Cn1nnc2ccccc2c1=O)C(C)C. The molecule has 2 aromatic rings. The minimum absolute atomic E-state index is 0.147. The molecule has 1 amide bonds. The van der Waals surface area contributed by atoms with Gasteiger partial charge in [-0.05, 0) is 18.1 Å². The number of benzene rings is 1. The number of fused-ring (bicyclic) bond motifs is 1. The van der Waals surface area contributed by atoms with E-state index in [0.717, 1.165) is 4.68 Å². The minimum Gasteiger partial charge on any atom is -0.467 e. The highest BCUT2D eigenvalue weighted by Crippen LogP contribution is 2.05. The molecule has 0 aliphatic heterocycles. The van der Waals surface area contributed by atoms with Crippen molar-refractivity contribution in [2.75, 3.05) is 7.11 Å². The fraction of sp³-hybridized carbons (Fsp3) is 0.400. The van der Waals surface area contributed by atoms with Crippen LogP contribution >= 0.6 is 0 Å². The van der Waals surface area contributed by atoms with Crippen LogP contribution in [-0.2, 0) is 20.9 Å². The second-order valence-corrected chi connectivity index (χ2v) is 5.38. The van der Waals surface area contributed by atoms with Crippen LogP contribution in [0.3, 0.4) is 0 Å². The molecule has 1 heterocycles. The first-order valence-electron chi connectivity index (χ1n) is 7.13. The average molecular weight is 318 g/mol. The standard InChI is InChI=1S/C15H18N4O4/c1-9(2)13(15(22)23-3)16-12(20)8-19-14(21)10-6-4-5-7-11(10)17-18-19/h4-7,9,13H,8H2,1-3H3,(H,16,20). The molecule has 0 fully saturated rings. The zero-order chi connectivity index (χ0) is 17.0. The van der Waals surface area contributed by atoms with Crippen LogP contribution in [0, 0.1) is 5.92 Å². The van der Waals surface area contributed by atoms with Crippen molar-refractivity contribution in [3.63, 3.8) is 0 Å². The van der Waals surface area contributed by atoms with Gasteiger partial charge in [0.25, 0.3) is 5.56 Å². The summed E-state index contributed by atoms with van der Waals surface area (Å²) in [7, 11) is 1.25. The monoisotopic (exact) mass is 318 g/mol. The van der Waals surface area contributed by atoms with Gasteiger partial charge in [-0.2, -0.15) is 0 Å². The maximum atomic E-state index is 12.3. The maximum absolute atomic E-state index is 12.3. The van der Waals surface area contributed by atoms with E-state index >= 15 is 0 Å². The normalized spacial score (nSPS) is 12.2. The smallest absolute Gasteiger partial charge is 0.328 e. The Hall–Kier alpha value is -2.77. The summed E-state index contributed by atoms with van der Waals surface area (Å²) >= 11 is 0. The van der Waals surface area contributed by atoms with Crippen LogP contribution in [0.25, 0.3) is 10.9 Å². The zero-order valence-electron chi connectivity index (χ0n) is 13.1. The predicted molar refractivity (Wildman–Crippen MR) is 82.6 cm³/mol. The largest absolute Gasteiger partial charge is 0.467 e. The number of nitrogens with one attached hydrogen (secondary N) is 1. The molecular formula is C15H18N4O4. The van der Waals surface area contributed by atoms with Crippen molar-refractivity contribution in [3.8, 4) is 0 Å². The summed E-state index contributed by atoms with van der Waals surface area (Å²) in [6.45, 7) is 3.24. The summed E-state index contributed by atoms with van der Waals surface area (Å²) in [5.74, 6) is -1.20. The Morgan fingerprint density at radius 1 is 1.30 bits per heavy atom. The Morgan fingerprint density at radius 3 is 2.65 bits per heavy atom. The number of esters is 1. The van der Waals surface area contributed by atoms with E-state index in [2.05, 4.69) is 20.4 Å². The summed E-state index contributed by atoms with van der Waals surface area (Å²) in [6.07, 6.45) is 0. The third-order valence-corrected chi connectivity index (χ3v) is 3.36. The number of carbonyl (C=O) groups is 2. The van der Waals surface area contributed by atoms with Crippen LogP contribution < -0.4 is 10.9 Å². The second-order valence-electron chi connectivity index (χ2n) is 5.38. The summed E-state index contributed by atoms with van der Waals surface area (Å²) in [5, 5.41) is 10.6. The van der Waals surface area contributed by atoms with E-state index in [-0.39, 0.29) is 12.5 Å². The predicted octanol–water partition coefficient (Wildman–Crippen LogP) is 0.105. The van der Waals surface area contributed by atoms with Gasteiger partial charge < -0.3 is 10.1 Å². The lowest BCUT2D eigenvalue weighted by Crippen LogP contribution is -2.47. The van der Waals surface area contributed by atoms with Crippen LogP contribution in [0.15, 0.2) is 29.1 Å². The van der Waals surface area contributed by atoms with E-state index in [9.17, 15) is 14.4 Å². The molecule has 1 aromatic carbocycles. The van der Waals surface area contributed by atoms with Crippen molar-refractivity contribution in [3.05, 3.63) is 34.6 Å². The molecule has 1 N–H and O–H groups in total. The molecule has 122 valence electrons. The van der Waals surface area contributed by atoms with Crippen molar-refractivity contribution in [1.82, 2.24) is 20.3 Å². The lowest BCUT2D eigenvalue weighted by Gasteiger charge is -2.19. The molecule has 0 saturated carbocycles. The topological polar surface area (TPSA) is 103 Å². The summed E-state index contributed by atoms with van der Waals surface area (Å²) in [5.41, 5.74) is 0.0497. The van der Waals surface area contributed by atoms with Gasteiger partial charge in [0, 0.05) is 0 Å². The molecule has 8 heteroatoms. The fourth-order valence-electron chi connectivity index (χ4n) is 2.11. The summed E-state index contributed by atoms with van der Waals surface area (Å²) in [6, 6.07) is 5.96. The first-order valence-corrected chi connectivity index (χ1v) is 7.13. The van der Waals surface area contributed by atoms with E-state index in [1.807, 2.05) is 0 Å². The van der Waals surface area contributed by atoms with E-state index in [1.165, 1.54) is 7.11 Å². The van der Waals surface area contributed by atoms with Crippen molar-refractivity contribution in [2.24, 2.45) is 5.92 Å². The number of ether oxygens (including phenoxy) is 1. The molecule has 0 saturated heterocycles. The Morgan fingerprint density at radius 2 is 2.00 bits per heavy atom. The number of hydrogen-bond acceptors (Lipinski definition) is 6. The van der Waals surface area contributed by atoms with Gasteiger partial charge in [0.1, 0.15) is 18.1 Å². The highest BCUT2D eigenvalue weighted by molar-refractivity contribution is 5.84. The Labute approximate surface area is 132 Å². The highest BCUT2D eigenvalue weighted by atomic mass is 16.5. The lowest BCUT2D eigenvalue weighted by atomic mass is 10.0. The number of amides is 1. The molecule has 1 unspecified atom stereocenters. The number of rotatable bonds is 5. The fourth-order valence-corrected chi connectivity index (χ4v) is 2.11. The van der Waals surface area contributed by atoms with Gasteiger partial charge in [-0.3, -0.25) is 9.59 Å². The Balaban J connectivity index is 2.19. The van der Waals surface area contributed by atoms with Gasteiger partial charge >= 0.3 is 5.97 Å². The Bertz CT molecular complexity index is 784. The van der Waals surface area contributed by atoms with E-state index in [4.69, 9.17) is 0 Å². The molecule has 0 bridgehead atoms.